The highest BCUT2D eigenvalue weighted by atomic mass is 35.5. The molecule has 0 aliphatic rings. The van der Waals surface area contributed by atoms with E-state index in [0.717, 1.165) is 11.6 Å². The van der Waals surface area contributed by atoms with Crippen molar-refractivity contribution < 1.29 is 23.5 Å². The molecule has 2 aromatic rings. The van der Waals surface area contributed by atoms with E-state index in [1.807, 2.05) is 12.1 Å². The molecule has 7 heteroatoms. The van der Waals surface area contributed by atoms with Crippen LogP contribution in [0.2, 0.25) is 5.02 Å². The Morgan fingerprint density at radius 3 is 2.59 bits per heavy atom. The van der Waals surface area contributed by atoms with Crippen molar-refractivity contribution in [2.45, 2.75) is 6.42 Å². The van der Waals surface area contributed by atoms with E-state index in [0.29, 0.717) is 23.6 Å². The van der Waals surface area contributed by atoms with Crippen molar-refractivity contribution in [2.75, 3.05) is 20.3 Å². The Morgan fingerprint density at radius 2 is 1.93 bits per heavy atom. The van der Waals surface area contributed by atoms with Crippen LogP contribution in [0.15, 0.2) is 48.5 Å². The molecule has 0 radical (unpaired) electrons. The highest BCUT2D eigenvalue weighted by molar-refractivity contribution is 6.30. The molecule has 0 spiro atoms. The summed E-state index contributed by atoms with van der Waals surface area (Å²) in [4.78, 5) is 23.3. The lowest BCUT2D eigenvalue weighted by Gasteiger charge is -2.06. The number of halogens is 2. The number of methoxy groups -OCH3 is 1. The van der Waals surface area contributed by atoms with Crippen molar-refractivity contribution in [1.29, 1.82) is 0 Å². The van der Waals surface area contributed by atoms with Crippen molar-refractivity contribution in [3.63, 3.8) is 0 Å². The summed E-state index contributed by atoms with van der Waals surface area (Å²) in [7, 11) is 1.37. The molecule has 0 heterocycles. The predicted molar refractivity (Wildman–Crippen MR) is 101 cm³/mol. The van der Waals surface area contributed by atoms with Gasteiger partial charge in [-0.25, -0.2) is 9.18 Å². The lowest BCUT2D eigenvalue weighted by atomic mass is 10.1. The fourth-order valence-electron chi connectivity index (χ4n) is 2.18. The zero-order valence-corrected chi connectivity index (χ0v) is 15.5. The largest absolute Gasteiger partial charge is 0.494 e. The van der Waals surface area contributed by atoms with E-state index in [-0.39, 0.29) is 12.4 Å². The van der Waals surface area contributed by atoms with Crippen LogP contribution < -0.4 is 10.1 Å². The second kappa shape index (κ2) is 10.3. The number of esters is 1. The van der Waals surface area contributed by atoms with Gasteiger partial charge >= 0.3 is 5.97 Å². The molecule has 0 saturated carbocycles. The zero-order valence-electron chi connectivity index (χ0n) is 14.7. The Bertz CT molecular complexity index is 821. The summed E-state index contributed by atoms with van der Waals surface area (Å²) in [6.07, 6.45) is 3.16. The molecule has 0 aromatic heterocycles. The molecule has 142 valence electrons. The van der Waals surface area contributed by atoms with Gasteiger partial charge in [-0.15, -0.1) is 0 Å². The molecule has 2 rings (SSSR count). The molecular weight excluding hydrogens is 373 g/mol. The van der Waals surface area contributed by atoms with Crippen LogP contribution in [0, 0.1) is 5.82 Å². The molecule has 0 saturated heterocycles. The summed E-state index contributed by atoms with van der Waals surface area (Å²) >= 11 is 5.81. The molecular formula is C20H19ClFNO4. The van der Waals surface area contributed by atoms with Crippen LogP contribution in [0.1, 0.15) is 11.1 Å². The Labute approximate surface area is 161 Å². The lowest BCUT2D eigenvalue weighted by Crippen LogP contribution is -2.30. The van der Waals surface area contributed by atoms with Crippen LogP contribution >= 0.6 is 11.6 Å². The maximum absolute atomic E-state index is 13.6. The molecule has 0 fully saturated rings. The second-order valence-electron chi connectivity index (χ2n) is 5.56. The maximum atomic E-state index is 13.6. The van der Waals surface area contributed by atoms with Gasteiger partial charge in [0.25, 0.3) is 5.91 Å². The first-order valence-electron chi connectivity index (χ1n) is 8.17. The number of nitrogens with one attached hydrogen (secondary N) is 1. The van der Waals surface area contributed by atoms with E-state index in [4.69, 9.17) is 21.1 Å². The molecule has 0 aliphatic heterocycles. The number of ether oxygens (including phenoxy) is 2. The van der Waals surface area contributed by atoms with Crippen molar-refractivity contribution >= 4 is 29.6 Å². The molecule has 0 bridgehead atoms. The van der Waals surface area contributed by atoms with Crippen LogP contribution in [-0.4, -0.2) is 32.1 Å². The molecule has 2 aromatic carbocycles. The van der Waals surface area contributed by atoms with Gasteiger partial charge in [0, 0.05) is 17.6 Å². The van der Waals surface area contributed by atoms with Gasteiger partial charge in [0.15, 0.2) is 18.2 Å². The van der Waals surface area contributed by atoms with E-state index in [9.17, 15) is 14.0 Å². The van der Waals surface area contributed by atoms with Crippen molar-refractivity contribution in [1.82, 2.24) is 5.32 Å². The first-order chi connectivity index (χ1) is 13.0. The molecule has 0 unspecified atom stereocenters. The number of hydrogen-bond acceptors (Lipinski definition) is 4. The molecule has 27 heavy (non-hydrogen) atoms. The van der Waals surface area contributed by atoms with Gasteiger partial charge in [-0.05, 0) is 47.9 Å². The van der Waals surface area contributed by atoms with E-state index >= 15 is 0 Å². The molecule has 0 atom stereocenters. The minimum Gasteiger partial charge on any atom is -0.494 e. The maximum Gasteiger partial charge on any atom is 0.331 e. The summed E-state index contributed by atoms with van der Waals surface area (Å²) in [6.45, 7) is 0.0275. The SMILES string of the molecule is COc1ccc(/C=C/C(=O)OCC(=O)NCCc2ccc(Cl)cc2)cc1F. The summed E-state index contributed by atoms with van der Waals surface area (Å²) in [6, 6.07) is 11.6. The zero-order chi connectivity index (χ0) is 19.6. The monoisotopic (exact) mass is 391 g/mol. The fourth-order valence-corrected chi connectivity index (χ4v) is 2.31. The summed E-state index contributed by atoms with van der Waals surface area (Å²) in [5, 5.41) is 3.31. The molecule has 1 N–H and O–H groups in total. The number of hydrogen-bond donors (Lipinski definition) is 1. The Hall–Kier alpha value is -2.86. The van der Waals surface area contributed by atoms with Crippen LogP contribution in [0.4, 0.5) is 4.39 Å². The standard InChI is InChI=1S/C20H19ClFNO4/c1-26-18-8-4-15(12-17(18)22)5-9-20(25)27-13-19(24)23-11-10-14-2-6-16(21)7-3-14/h2-9,12H,10-11,13H2,1H3,(H,23,24)/b9-5+. The average molecular weight is 392 g/mol. The number of benzene rings is 2. The van der Waals surface area contributed by atoms with Gasteiger partial charge in [-0.3, -0.25) is 4.79 Å². The van der Waals surface area contributed by atoms with Gasteiger partial charge in [0.2, 0.25) is 0 Å². The van der Waals surface area contributed by atoms with Crippen molar-refractivity contribution in [2.24, 2.45) is 0 Å². The van der Waals surface area contributed by atoms with Gasteiger partial charge in [-0.1, -0.05) is 29.8 Å². The number of carbonyl (C=O) groups is 2. The van der Waals surface area contributed by atoms with Crippen LogP contribution in [0.3, 0.4) is 0 Å². The van der Waals surface area contributed by atoms with E-state index in [2.05, 4.69) is 5.32 Å². The fraction of sp³-hybridized carbons (Fsp3) is 0.200. The van der Waals surface area contributed by atoms with Gasteiger partial charge in [-0.2, -0.15) is 0 Å². The highest BCUT2D eigenvalue weighted by Crippen LogP contribution is 2.18. The summed E-state index contributed by atoms with van der Waals surface area (Å²) < 4.78 is 23.2. The highest BCUT2D eigenvalue weighted by Gasteiger charge is 2.06. The van der Waals surface area contributed by atoms with Crippen molar-refractivity contribution in [3.8, 4) is 5.75 Å². The Morgan fingerprint density at radius 1 is 1.19 bits per heavy atom. The first-order valence-corrected chi connectivity index (χ1v) is 8.55. The molecule has 1 amide bonds. The predicted octanol–water partition coefficient (Wildman–Crippen LogP) is 3.40. The van der Waals surface area contributed by atoms with Gasteiger partial charge in [0.1, 0.15) is 0 Å². The topological polar surface area (TPSA) is 64.6 Å². The van der Waals surface area contributed by atoms with Crippen molar-refractivity contribution in [3.05, 3.63) is 70.5 Å². The number of amides is 1. The third kappa shape index (κ3) is 7.11. The van der Waals surface area contributed by atoms with Gasteiger partial charge in [0.05, 0.1) is 7.11 Å². The smallest absolute Gasteiger partial charge is 0.331 e. The summed E-state index contributed by atoms with van der Waals surface area (Å²) in [5.41, 5.74) is 1.50. The lowest BCUT2D eigenvalue weighted by molar-refractivity contribution is -0.143. The van der Waals surface area contributed by atoms with E-state index in [1.165, 1.54) is 25.3 Å². The first kappa shape index (κ1) is 20.5. The quantitative estimate of drug-likeness (QED) is 0.553. The number of carbonyl (C=O) groups excluding carboxylic acids is 2. The normalized spacial score (nSPS) is 10.6. The second-order valence-corrected chi connectivity index (χ2v) is 6.00. The Balaban J connectivity index is 1.70. The Kier molecular flexibility index (Phi) is 7.82. The molecule has 0 aliphatic carbocycles. The van der Waals surface area contributed by atoms with Crippen LogP contribution in [0.25, 0.3) is 6.08 Å². The van der Waals surface area contributed by atoms with E-state index in [1.54, 1.807) is 18.2 Å². The summed E-state index contributed by atoms with van der Waals surface area (Å²) in [5.74, 6) is -1.52. The third-order valence-corrected chi connectivity index (χ3v) is 3.83. The minimum absolute atomic E-state index is 0.116. The third-order valence-electron chi connectivity index (χ3n) is 3.58. The minimum atomic E-state index is -0.695. The molecule has 5 nitrogen and oxygen atoms in total. The van der Waals surface area contributed by atoms with Crippen LogP contribution in [0.5, 0.6) is 5.75 Å². The van der Waals surface area contributed by atoms with Gasteiger partial charge < -0.3 is 14.8 Å². The average Bonchev–Trinajstić information content (AvgIpc) is 2.66. The van der Waals surface area contributed by atoms with Crippen LogP contribution in [-0.2, 0) is 20.7 Å². The van der Waals surface area contributed by atoms with E-state index < -0.39 is 17.7 Å². The number of rotatable bonds is 8.